The van der Waals surface area contributed by atoms with Crippen LogP contribution >= 0.6 is 69.9 Å². The predicted molar refractivity (Wildman–Crippen MR) is 363 cm³/mol. The number of nitrogens with one attached hydrogen (secondary N) is 1. The Balaban J connectivity index is 0.000000174. The number of amides is 3. The van der Waals surface area contributed by atoms with Crippen LogP contribution in [-0.2, 0) is 30.3 Å². The topological polar surface area (TPSA) is 148 Å². The SMILES string of the molecule is CC(C)C1=C(C(=O)N2CCC[C@H]2C(=O)N2CCN(C(C)C)CC2)SC2=N[C@@](C)(c3ccc(Cl)cc3)[C@@H](c3ccc(Cl)cc3)N21.CC(C)C1=C(C(=O)N2CCC[C@H]2C(=O)O)SC2=N[C@@](C)(c3ccc(Cl)cc3)[C@@H](c3ccc(Cl)cc3)N21.CC(C)N1CCNCC1. The number of allylic oxidation sites excluding steroid dienone is 2. The highest BCUT2D eigenvalue weighted by Gasteiger charge is 2.56. The van der Waals surface area contributed by atoms with Gasteiger partial charge in [-0.3, -0.25) is 24.2 Å². The van der Waals surface area contributed by atoms with E-state index >= 15 is 0 Å². The maximum atomic E-state index is 14.4. The van der Waals surface area contributed by atoms with Gasteiger partial charge in [0.2, 0.25) is 5.91 Å². The molecule has 8 aliphatic rings. The number of carbonyl (C=O) groups excluding carboxylic acids is 3. The van der Waals surface area contributed by atoms with Gasteiger partial charge in [0, 0.05) is 109 Å². The summed E-state index contributed by atoms with van der Waals surface area (Å²) >= 11 is 27.8. The molecule has 0 unspecified atom stereocenters. The standard InChI is InChI=1S/C34H41Cl2N5O2S.C27H27Cl2N3O3S.C7H16N2/c1-21(2)28-29(32(43)40-16-6-7-27(40)31(42)39-19-17-38(18-20-39)22(3)4)44-33-37-34(5,24-10-14-26(36)15-11-24)30(41(28)33)23-8-12-25(35)13-9-23;1-15(2)21-22(24(33)31-14-4-5-20(31)25(34)35)36-26-30-27(3,17-8-12-19(29)13-9-17)23(32(21)26)16-6-10-18(28)11-7-16;1-7(2)9-5-3-8-4-6-9/h8-15,21-22,27,30H,6-7,16-20H2,1-5H3;6-13,15,20,23H,4-5,14H2,1-3H3,(H,34,35);7-8H,3-6H2,1-2H3/t27-,30+,34-;20-,23+,27-;/m00./s1. The minimum absolute atomic E-state index is 0.0115. The van der Waals surface area contributed by atoms with Crippen molar-refractivity contribution < 1.29 is 24.3 Å². The molecule has 476 valence electrons. The van der Waals surface area contributed by atoms with E-state index in [2.05, 4.69) is 106 Å². The zero-order chi connectivity index (χ0) is 63.8. The molecule has 89 heavy (non-hydrogen) atoms. The molecule has 12 rings (SSSR count). The monoisotopic (exact) mass is 1320 g/mol. The third-order valence-corrected chi connectivity index (χ3v) is 21.7. The van der Waals surface area contributed by atoms with E-state index in [-0.39, 0.29) is 41.6 Å². The Morgan fingerprint density at radius 1 is 0.517 bits per heavy atom. The van der Waals surface area contributed by atoms with Crippen LogP contribution in [0.3, 0.4) is 0 Å². The summed E-state index contributed by atoms with van der Waals surface area (Å²) in [6.07, 6.45) is 2.69. The van der Waals surface area contributed by atoms with Crippen molar-refractivity contribution in [3.8, 4) is 0 Å². The van der Waals surface area contributed by atoms with Gasteiger partial charge in [-0.15, -0.1) is 0 Å². The van der Waals surface area contributed by atoms with Crippen LogP contribution in [0.15, 0.2) is 128 Å². The van der Waals surface area contributed by atoms with Crippen LogP contribution in [0.4, 0.5) is 0 Å². The molecule has 21 heteroatoms. The third kappa shape index (κ3) is 13.7. The van der Waals surface area contributed by atoms with Crippen molar-refractivity contribution in [1.82, 2.24) is 39.6 Å². The molecule has 0 bridgehead atoms. The van der Waals surface area contributed by atoms with E-state index in [1.165, 1.54) is 41.5 Å². The maximum Gasteiger partial charge on any atom is 0.326 e. The Morgan fingerprint density at radius 3 is 1.24 bits per heavy atom. The number of thioether (sulfide) groups is 2. The summed E-state index contributed by atoms with van der Waals surface area (Å²) in [6.45, 7) is 30.5. The fourth-order valence-electron chi connectivity index (χ4n) is 13.8. The van der Waals surface area contributed by atoms with Gasteiger partial charge in [-0.05, 0) is 173 Å². The van der Waals surface area contributed by atoms with Crippen LogP contribution in [0, 0.1) is 11.8 Å². The fraction of sp³-hybridized carbons (Fsp3) is 0.500. The molecular weight excluding hydrogens is 1240 g/mol. The lowest BCUT2D eigenvalue weighted by atomic mass is 9.81. The number of benzene rings is 4. The van der Waals surface area contributed by atoms with Crippen LogP contribution in [0.25, 0.3) is 0 Å². The van der Waals surface area contributed by atoms with Crippen LogP contribution < -0.4 is 5.32 Å². The maximum absolute atomic E-state index is 14.4. The van der Waals surface area contributed by atoms with Gasteiger partial charge in [0.15, 0.2) is 10.3 Å². The molecule has 4 fully saturated rings. The van der Waals surface area contributed by atoms with Gasteiger partial charge in [-0.1, -0.05) is 123 Å². The number of rotatable bonds is 12. The van der Waals surface area contributed by atoms with Gasteiger partial charge in [-0.2, -0.15) is 0 Å². The molecule has 0 saturated carbocycles. The number of carboxylic acid groups (broad SMARTS) is 1. The highest BCUT2D eigenvalue weighted by Crippen LogP contribution is 2.58. The second-order valence-corrected chi connectivity index (χ2v) is 29.4. The van der Waals surface area contributed by atoms with Crippen molar-refractivity contribution in [2.45, 2.75) is 142 Å². The Labute approximate surface area is 554 Å². The van der Waals surface area contributed by atoms with Crippen LogP contribution in [0.5, 0.6) is 0 Å². The number of aliphatic carboxylic acids is 1. The third-order valence-electron chi connectivity index (χ3n) is 18.6. The summed E-state index contributed by atoms with van der Waals surface area (Å²) < 4.78 is 0. The smallest absolute Gasteiger partial charge is 0.326 e. The molecule has 0 radical (unpaired) electrons. The summed E-state index contributed by atoms with van der Waals surface area (Å²) in [5.74, 6) is -1.09. The molecule has 4 aromatic rings. The van der Waals surface area contributed by atoms with Gasteiger partial charge >= 0.3 is 5.97 Å². The number of hydrogen-bond acceptors (Lipinski definition) is 13. The number of likely N-dealkylation sites (tertiary alicyclic amines) is 2. The number of nitrogens with zero attached hydrogens (tertiary/aromatic N) is 9. The predicted octanol–water partition coefficient (Wildman–Crippen LogP) is 13.4. The first-order valence-electron chi connectivity index (χ1n) is 31.4. The Hall–Kier alpha value is -5.08. The lowest BCUT2D eigenvalue weighted by molar-refractivity contribution is -0.146. The minimum Gasteiger partial charge on any atom is -0.480 e. The number of carboxylic acids is 1. The van der Waals surface area contributed by atoms with Gasteiger partial charge in [-0.25, -0.2) is 14.8 Å². The second-order valence-electron chi connectivity index (χ2n) is 25.7. The van der Waals surface area contributed by atoms with E-state index in [0.29, 0.717) is 81.4 Å². The Bertz CT molecular complexity index is 3390. The lowest BCUT2D eigenvalue weighted by Crippen LogP contribution is -2.55. The zero-order valence-corrected chi connectivity index (χ0v) is 57.3. The number of carbonyl (C=O) groups is 4. The molecule has 4 saturated heterocycles. The van der Waals surface area contributed by atoms with Crippen molar-refractivity contribution in [3.05, 3.63) is 161 Å². The highest BCUT2D eigenvalue weighted by atomic mass is 35.5. The quantitative estimate of drug-likeness (QED) is 0.139. The van der Waals surface area contributed by atoms with E-state index in [0.717, 1.165) is 82.6 Å². The minimum atomic E-state index is -0.956. The number of amidine groups is 2. The van der Waals surface area contributed by atoms with Gasteiger partial charge in [0.05, 0.1) is 12.1 Å². The first kappa shape index (κ1) is 66.8. The van der Waals surface area contributed by atoms with Crippen molar-refractivity contribution in [1.29, 1.82) is 0 Å². The first-order chi connectivity index (χ1) is 42.4. The molecule has 2 N–H and O–H groups in total. The Morgan fingerprint density at radius 2 is 0.876 bits per heavy atom. The normalized spacial score (nSPS) is 25.4. The summed E-state index contributed by atoms with van der Waals surface area (Å²) in [4.78, 5) is 80.2. The van der Waals surface area contributed by atoms with E-state index in [9.17, 15) is 24.3 Å². The van der Waals surface area contributed by atoms with Crippen LogP contribution in [-0.4, -0.2) is 163 Å². The van der Waals surface area contributed by atoms with Crippen LogP contribution in [0.2, 0.25) is 20.1 Å². The molecule has 3 amide bonds. The van der Waals surface area contributed by atoms with Gasteiger partial charge in [0.1, 0.15) is 33.0 Å². The molecule has 4 aromatic carbocycles. The summed E-state index contributed by atoms with van der Waals surface area (Å²) in [7, 11) is 0. The summed E-state index contributed by atoms with van der Waals surface area (Å²) in [6, 6.07) is 30.8. The van der Waals surface area contributed by atoms with E-state index in [4.69, 9.17) is 56.4 Å². The molecule has 0 spiro atoms. The summed E-state index contributed by atoms with van der Waals surface area (Å²) in [5.41, 5.74) is 4.70. The number of hydrogen-bond donors (Lipinski definition) is 2. The molecule has 6 atom stereocenters. The largest absolute Gasteiger partial charge is 0.480 e. The lowest BCUT2D eigenvalue weighted by Gasteiger charge is -2.39. The van der Waals surface area contributed by atoms with Crippen LogP contribution in [0.1, 0.15) is 129 Å². The van der Waals surface area contributed by atoms with E-state index in [1.807, 2.05) is 94.7 Å². The van der Waals surface area contributed by atoms with Gasteiger partial charge < -0.3 is 34.9 Å². The highest BCUT2D eigenvalue weighted by molar-refractivity contribution is 8.18. The number of aliphatic imine (C=N–C) groups is 2. The zero-order valence-electron chi connectivity index (χ0n) is 52.7. The molecule has 8 aliphatic heterocycles. The number of fused-ring (bicyclic) bond motifs is 2. The second kappa shape index (κ2) is 28.0. The summed E-state index contributed by atoms with van der Waals surface area (Å²) in [5, 5.41) is 17.2. The van der Waals surface area contributed by atoms with Gasteiger partial charge in [0.25, 0.3) is 11.8 Å². The van der Waals surface area contributed by atoms with Crippen molar-refractivity contribution in [2.24, 2.45) is 21.8 Å². The fourth-order valence-corrected chi connectivity index (χ4v) is 17.0. The molecule has 0 aromatic heterocycles. The van der Waals surface area contributed by atoms with E-state index in [1.54, 1.807) is 0 Å². The Kier molecular flexibility index (Phi) is 21.0. The van der Waals surface area contributed by atoms with E-state index < -0.39 is 29.1 Å². The first-order valence-corrected chi connectivity index (χ1v) is 34.5. The molecule has 0 aliphatic carbocycles. The van der Waals surface area contributed by atoms with Crippen molar-refractivity contribution in [2.75, 3.05) is 65.4 Å². The number of halogens is 4. The molecule has 15 nitrogen and oxygen atoms in total. The average Bonchev–Trinajstić information content (AvgIpc) is 1.57. The molecular formula is C68H84Cl4N10O5S2. The molecule has 8 heterocycles. The average molecular weight is 1330 g/mol. The van der Waals surface area contributed by atoms with Crippen molar-refractivity contribution in [3.63, 3.8) is 0 Å². The number of piperazine rings is 2. The van der Waals surface area contributed by atoms with Crippen molar-refractivity contribution >= 4 is 104 Å².